The van der Waals surface area contributed by atoms with Crippen LogP contribution in [0.3, 0.4) is 0 Å². The molecule has 1 rings (SSSR count). The second kappa shape index (κ2) is 4.11. The van der Waals surface area contributed by atoms with Crippen LogP contribution in [0, 0.1) is 6.92 Å². The van der Waals surface area contributed by atoms with Crippen molar-refractivity contribution in [3.8, 4) is 0 Å². The first kappa shape index (κ1) is 10.5. The van der Waals surface area contributed by atoms with Crippen molar-refractivity contribution in [1.82, 2.24) is 4.98 Å². The largest absolute Gasteiger partial charge is 0.325 e. The summed E-state index contributed by atoms with van der Waals surface area (Å²) in [7, 11) is 0. The first-order chi connectivity index (χ1) is 6.06. The van der Waals surface area contributed by atoms with E-state index >= 15 is 0 Å². The van der Waals surface area contributed by atoms with Gasteiger partial charge in [-0.2, -0.15) is 0 Å². The molecule has 0 aliphatic carbocycles. The van der Waals surface area contributed by atoms with E-state index in [1.165, 1.54) is 0 Å². The molecule has 13 heavy (non-hydrogen) atoms. The van der Waals surface area contributed by atoms with Crippen LogP contribution in [-0.4, -0.2) is 4.98 Å². The molecule has 5 heteroatoms. The fraction of sp³-hybridized carbons (Fsp3) is 0.375. The van der Waals surface area contributed by atoms with Gasteiger partial charge in [0.1, 0.15) is 4.60 Å². The fourth-order valence-corrected chi connectivity index (χ4v) is 1.72. The van der Waals surface area contributed by atoms with E-state index in [0.29, 0.717) is 10.2 Å². The Bertz CT molecular complexity index is 315. The molecule has 2 N–H and O–H groups in total. The zero-order valence-corrected chi connectivity index (χ0v) is 8.61. The van der Waals surface area contributed by atoms with Gasteiger partial charge < -0.3 is 5.73 Å². The van der Waals surface area contributed by atoms with Crippen molar-refractivity contribution in [2.24, 2.45) is 5.73 Å². The standard InChI is InChI=1S/C8H9BrF2N2/c1-4-2-6(9)13-5(3-12)7(4)8(10)11/h2,8H,3,12H2,1H3. The molecule has 0 saturated heterocycles. The van der Waals surface area contributed by atoms with Crippen LogP contribution in [0.5, 0.6) is 0 Å². The minimum Gasteiger partial charge on any atom is -0.325 e. The van der Waals surface area contributed by atoms with Gasteiger partial charge in [0.2, 0.25) is 0 Å². The van der Waals surface area contributed by atoms with Gasteiger partial charge in [-0.15, -0.1) is 0 Å². The summed E-state index contributed by atoms with van der Waals surface area (Å²) >= 11 is 3.13. The molecule has 2 nitrogen and oxygen atoms in total. The second-order valence-corrected chi connectivity index (χ2v) is 3.44. The molecule has 0 unspecified atom stereocenters. The van der Waals surface area contributed by atoms with E-state index in [1.807, 2.05) is 0 Å². The van der Waals surface area contributed by atoms with Gasteiger partial charge >= 0.3 is 0 Å². The molecule has 0 saturated carbocycles. The number of alkyl halides is 2. The highest BCUT2D eigenvalue weighted by molar-refractivity contribution is 9.10. The van der Waals surface area contributed by atoms with Gasteiger partial charge in [0.05, 0.1) is 5.69 Å². The Kier molecular flexibility index (Phi) is 3.33. The molecule has 0 bridgehead atoms. The molecule has 0 amide bonds. The van der Waals surface area contributed by atoms with Gasteiger partial charge in [0.25, 0.3) is 6.43 Å². The smallest absolute Gasteiger partial charge is 0.265 e. The number of nitrogens with two attached hydrogens (primary N) is 1. The van der Waals surface area contributed by atoms with Crippen LogP contribution in [-0.2, 0) is 6.54 Å². The van der Waals surface area contributed by atoms with E-state index < -0.39 is 6.43 Å². The Hall–Kier alpha value is -0.550. The van der Waals surface area contributed by atoms with Gasteiger partial charge in [0.15, 0.2) is 0 Å². The highest BCUT2D eigenvalue weighted by Crippen LogP contribution is 2.27. The minimum atomic E-state index is -2.51. The molecule has 1 aromatic rings. The zero-order chi connectivity index (χ0) is 10.0. The summed E-state index contributed by atoms with van der Waals surface area (Å²) in [6.07, 6.45) is -2.51. The lowest BCUT2D eigenvalue weighted by molar-refractivity contribution is 0.149. The van der Waals surface area contributed by atoms with Crippen LogP contribution in [0.4, 0.5) is 8.78 Å². The molecule has 0 aromatic carbocycles. The average Bonchev–Trinajstić information content (AvgIpc) is 2.01. The molecule has 1 heterocycles. The lowest BCUT2D eigenvalue weighted by Crippen LogP contribution is -2.07. The molecule has 1 aromatic heterocycles. The summed E-state index contributed by atoms with van der Waals surface area (Å²) in [6.45, 7) is 1.65. The SMILES string of the molecule is Cc1cc(Br)nc(CN)c1C(F)F. The molecule has 0 aliphatic heterocycles. The van der Waals surface area contributed by atoms with E-state index in [4.69, 9.17) is 5.73 Å². The molecule has 0 radical (unpaired) electrons. The third kappa shape index (κ3) is 2.22. The molecule has 0 aliphatic rings. The third-order valence-electron chi connectivity index (χ3n) is 1.72. The minimum absolute atomic E-state index is 0.0277. The van der Waals surface area contributed by atoms with Crippen molar-refractivity contribution >= 4 is 15.9 Å². The van der Waals surface area contributed by atoms with Crippen molar-refractivity contribution in [1.29, 1.82) is 0 Å². The van der Waals surface area contributed by atoms with Crippen molar-refractivity contribution in [2.75, 3.05) is 0 Å². The van der Waals surface area contributed by atoms with Crippen molar-refractivity contribution in [3.05, 3.63) is 27.5 Å². The van der Waals surface area contributed by atoms with Crippen LogP contribution >= 0.6 is 15.9 Å². The van der Waals surface area contributed by atoms with Gasteiger partial charge in [-0.3, -0.25) is 0 Å². The lowest BCUT2D eigenvalue weighted by Gasteiger charge is -2.09. The maximum Gasteiger partial charge on any atom is 0.265 e. The number of nitrogens with zero attached hydrogens (tertiary/aromatic N) is 1. The Labute approximate surface area is 83.3 Å². The normalized spacial score (nSPS) is 10.9. The van der Waals surface area contributed by atoms with Crippen LogP contribution in [0.25, 0.3) is 0 Å². The van der Waals surface area contributed by atoms with E-state index in [-0.39, 0.29) is 17.8 Å². The summed E-state index contributed by atoms with van der Waals surface area (Å²) < 4.78 is 25.5. The molecule has 72 valence electrons. The van der Waals surface area contributed by atoms with E-state index in [9.17, 15) is 8.78 Å². The maximum atomic E-state index is 12.5. The molecule has 0 atom stereocenters. The maximum absolute atomic E-state index is 12.5. The Morgan fingerprint density at radius 3 is 2.69 bits per heavy atom. The highest BCUT2D eigenvalue weighted by atomic mass is 79.9. The van der Waals surface area contributed by atoms with Crippen molar-refractivity contribution in [3.63, 3.8) is 0 Å². The Morgan fingerprint density at radius 2 is 2.23 bits per heavy atom. The summed E-state index contributed by atoms with van der Waals surface area (Å²) in [5.74, 6) is 0. The number of rotatable bonds is 2. The quantitative estimate of drug-likeness (QED) is 0.820. The van der Waals surface area contributed by atoms with Crippen molar-refractivity contribution < 1.29 is 8.78 Å². The van der Waals surface area contributed by atoms with E-state index in [0.717, 1.165) is 0 Å². The monoisotopic (exact) mass is 250 g/mol. The predicted octanol–water partition coefficient (Wildman–Crippen LogP) is 2.55. The van der Waals surface area contributed by atoms with E-state index in [2.05, 4.69) is 20.9 Å². The number of hydrogen-bond donors (Lipinski definition) is 1. The number of aryl methyl sites for hydroxylation is 1. The van der Waals surface area contributed by atoms with Gasteiger partial charge in [0, 0.05) is 12.1 Å². The van der Waals surface area contributed by atoms with Crippen LogP contribution in [0.15, 0.2) is 10.7 Å². The topological polar surface area (TPSA) is 38.9 Å². The number of aromatic nitrogens is 1. The summed E-state index contributed by atoms with van der Waals surface area (Å²) in [4.78, 5) is 3.89. The Morgan fingerprint density at radius 1 is 1.62 bits per heavy atom. The third-order valence-corrected chi connectivity index (χ3v) is 2.13. The lowest BCUT2D eigenvalue weighted by atomic mass is 10.1. The first-order valence-electron chi connectivity index (χ1n) is 3.70. The molecule has 0 fully saturated rings. The van der Waals surface area contributed by atoms with Crippen LogP contribution in [0.1, 0.15) is 23.2 Å². The summed E-state index contributed by atoms with van der Waals surface area (Å²) in [5.41, 5.74) is 6.02. The Balaban J connectivity index is 3.30. The molecule has 0 spiro atoms. The first-order valence-corrected chi connectivity index (χ1v) is 4.49. The summed E-state index contributed by atoms with van der Waals surface area (Å²) in [6, 6.07) is 1.56. The summed E-state index contributed by atoms with van der Waals surface area (Å²) in [5, 5.41) is 0. The zero-order valence-electron chi connectivity index (χ0n) is 7.02. The number of pyridine rings is 1. The molecular weight excluding hydrogens is 242 g/mol. The van der Waals surface area contributed by atoms with Crippen LogP contribution in [0.2, 0.25) is 0 Å². The predicted molar refractivity (Wildman–Crippen MR) is 49.5 cm³/mol. The van der Waals surface area contributed by atoms with Gasteiger partial charge in [-0.05, 0) is 34.5 Å². The number of halogens is 3. The van der Waals surface area contributed by atoms with Gasteiger partial charge in [-0.1, -0.05) is 0 Å². The van der Waals surface area contributed by atoms with Crippen LogP contribution < -0.4 is 5.73 Å². The fourth-order valence-electron chi connectivity index (χ4n) is 1.16. The molecular formula is C8H9BrF2N2. The number of hydrogen-bond acceptors (Lipinski definition) is 2. The van der Waals surface area contributed by atoms with Crippen molar-refractivity contribution in [2.45, 2.75) is 19.9 Å². The second-order valence-electron chi connectivity index (χ2n) is 2.63. The van der Waals surface area contributed by atoms with Gasteiger partial charge in [-0.25, -0.2) is 13.8 Å². The van der Waals surface area contributed by atoms with E-state index in [1.54, 1.807) is 13.0 Å². The highest BCUT2D eigenvalue weighted by Gasteiger charge is 2.16. The average molecular weight is 251 g/mol.